The van der Waals surface area contributed by atoms with E-state index in [0.29, 0.717) is 11.1 Å². The van der Waals surface area contributed by atoms with Gasteiger partial charge in [-0.25, -0.2) is 8.78 Å². The average molecular weight is 585 g/mol. The maximum absolute atomic E-state index is 14.0. The normalized spacial score (nSPS) is 16.0. The van der Waals surface area contributed by atoms with Gasteiger partial charge in [-0.15, -0.1) is 0 Å². The summed E-state index contributed by atoms with van der Waals surface area (Å²) in [5.74, 6) is -2.54. The summed E-state index contributed by atoms with van der Waals surface area (Å²) in [5, 5.41) is 15.2. The summed E-state index contributed by atoms with van der Waals surface area (Å²) in [6.07, 6.45) is 3.71. The molecule has 0 spiro atoms. The number of aromatic nitrogens is 4. The lowest BCUT2D eigenvalue weighted by Gasteiger charge is -2.20. The fourth-order valence-corrected chi connectivity index (χ4v) is 5.32. The Morgan fingerprint density at radius 1 is 1.07 bits per heavy atom. The Balaban J connectivity index is 1.40. The minimum Gasteiger partial charge on any atom is -0.345 e. The van der Waals surface area contributed by atoms with Crippen molar-refractivity contribution in [2.75, 3.05) is 0 Å². The highest BCUT2D eigenvalue weighted by molar-refractivity contribution is 5.96. The molecular weight excluding hydrogens is 555 g/mol. The van der Waals surface area contributed by atoms with Gasteiger partial charge in [-0.05, 0) is 85.5 Å². The van der Waals surface area contributed by atoms with Crippen molar-refractivity contribution in [3.63, 3.8) is 0 Å². The van der Waals surface area contributed by atoms with Gasteiger partial charge < -0.3 is 14.5 Å². The van der Waals surface area contributed by atoms with E-state index in [4.69, 9.17) is 5.41 Å². The zero-order valence-electron chi connectivity index (χ0n) is 22.8. The Hall–Kier alpha value is -4.22. The van der Waals surface area contributed by atoms with E-state index in [1.807, 2.05) is 10.8 Å². The van der Waals surface area contributed by atoms with Crippen LogP contribution in [-0.2, 0) is 19.3 Å². The second kappa shape index (κ2) is 10.6. The third-order valence-corrected chi connectivity index (χ3v) is 7.82. The number of carbonyl (C=O) groups is 1. The van der Waals surface area contributed by atoms with Gasteiger partial charge in [-0.2, -0.15) is 18.3 Å². The van der Waals surface area contributed by atoms with Gasteiger partial charge in [0.2, 0.25) is 5.62 Å². The number of nitrogens with one attached hydrogen (secondary N) is 2. The van der Waals surface area contributed by atoms with Crippen molar-refractivity contribution in [2.24, 2.45) is 5.92 Å². The lowest BCUT2D eigenvalue weighted by Crippen LogP contribution is -2.30. The van der Waals surface area contributed by atoms with Gasteiger partial charge in [-0.3, -0.25) is 14.9 Å². The van der Waals surface area contributed by atoms with Crippen LogP contribution in [0.5, 0.6) is 0 Å². The molecule has 2 aromatic carbocycles. The molecule has 2 heterocycles. The van der Waals surface area contributed by atoms with Crippen molar-refractivity contribution in [3.8, 4) is 11.1 Å². The molecule has 1 atom stereocenters. The number of carbonyl (C=O) groups excluding carboxylic acids is 1. The highest BCUT2D eigenvalue weighted by Gasteiger charge is 2.38. The van der Waals surface area contributed by atoms with Crippen LogP contribution in [0.15, 0.2) is 55.0 Å². The van der Waals surface area contributed by atoms with Crippen LogP contribution >= 0.6 is 0 Å². The monoisotopic (exact) mass is 584 g/mol. The summed E-state index contributed by atoms with van der Waals surface area (Å²) >= 11 is 0. The molecule has 1 unspecified atom stereocenters. The Morgan fingerprint density at radius 2 is 1.83 bits per heavy atom. The van der Waals surface area contributed by atoms with E-state index in [1.165, 1.54) is 23.0 Å². The molecule has 12 heteroatoms. The lowest BCUT2D eigenvalue weighted by atomic mass is 9.98. The highest BCUT2D eigenvalue weighted by Crippen LogP contribution is 2.42. The minimum absolute atomic E-state index is 0.0321. The fraction of sp³-hybridized carbons (Fsp3) is 0.367. The van der Waals surface area contributed by atoms with Crippen LogP contribution < -0.4 is 10.9 Å². The number of alkyl halides is 3. The lowest BCUT2D eigenvalue weighted by molar-refractivity contribution is -0.141. The van der Waals surface area contributed by atoms with E-state index in [0.717, 1.165) is 37.8 Å². The van der Waals surface area contributed by atoms with Gasteiger partial charge in [0.05, 0.1) is 12.6 Å². The summed E-state index contributed by atoms with van der Waals surface area (Å²) in [4.78, 5) is 13.6. The number of amides is 1. The number of hydrogen-bond acceptors (Lipinski definition) is 3. The van der Waals surface area contributed by atoms with Crippen LogP contribution in [0.1, 0.15) is 71.9 Å². The Bertz CT molecular complexity index is 1710. The first-order chi connectivity index (χ1) is 20.0. The second-order valence-corrected chi connectivity index (χ2v) is 11.0. The Morgan fingerprint density at radius 3 is 2.48 bits per heavy atom. The zero-order valence-corrected chi connectivity index (χ0v) is 22.8. The molecule has 2 fully saturated rings. The molecule has 2 N–H and O–H groups in total. The molecule has 7 nitrogen and oxygen atoms in total. The average Bonchev–Trinajstić information content (AvgIpc) is 3.89. The van der Waals surface area contributed by atoms with Gasteiger partial charge in [0.25, 0.3) is 5.91 Å². The first-order valence-corrected chi connectivity index (χ1v) is 13.9. The molecule has 0 aliphatic heterocycles. The number of rotatable bonds is 9. The Labute approximate surface area is 238 Å². The van der Waals surface area contributed by atoms with Crippen molar-refractivity contribution < 1.29 is 26.7 Å². The molecule has 0 radical (unpaired) electrons. The number of benzene rings is 2. The molecule has 1 amide bonds. The van der Waals surface area contributed by atoms with Crippen LogP contribution in [0.25, 0.3) is 11.1 Å². The molecule has 42 heavy (non-hydrogen) atoms. The van der Waals surface area contributed by atoms with Crippen LogP contribution in [0.4, 0.5) is 22.0 Å². The van der Waals surface area contributed by atoms with E-state index in [9.17, 15) is 26.7 Å². The minimum atomic E-state index is -4.72. The van der Waals surface area contributed by atoms with Crippen molar-refractivity contribution in [2.45, 2.75) is 64.0 Å². The predicted molar refractivity (Wildman–Crippen MR) is 143 cm³/mol. The molecule has 0 bridgehead atoms. The van der Waals surface area contributed by atoms with Crippen molar-refractivity contribution in [1.82, 2.24) is 24.2 Å². The van der Waals surface area contributed by atoms with Crippen molar-refractivity contribution in [3.05, 3.63) is 94.6 Å². The quantitative estimate of drug-likeness (QED) is 0.229. The largest absolute Gasteiger partial charge is 0.435 e. The topological polar surface area (TPSA) is 80.6 Å². The highest BCUT2D eigenvalue weighted by atomic mass is 19.4. The molecule has 6 rings (SSSR count). The summed E-state index contributed by atoms with van der Waals surface area (Å²) in [6, 6.07) is 7.75. The van der Waals surface area contributed by atoms with Gasteiger partial charge in [0, 0.05) is 42.3 Å². The first kappa shape index (κ1) is 27.9. The molecule has 2 aromatic heterocycles. The number of imidazole rings is 1. The van der Waals surface area contributed by atoms with Crippen molar-refractivity contribution in [1.29, 1.82) is 5.41 Å². The van der Waals surface area contributed by atoms with Crippen LogP contribution in [0, 0.1) is 23.0 Å². The van der Waals surface area contributed by atoms with Gasteiger partial charge in [0.15, 0.2) is 17.3 Å². The number of hydrogen-bond donors (Lipinski definition) is 2. The zero-order chi connectivity index (χ0) is 29.8. The third kappa shape index (κ3) is 5.62. The Kier molecular flexibility index (Phi) is 7.02. The summed E-state index contributed by atoms with van der Waals surface area (Å²) in [6.45, 7) is 2.06. The number of halogens is 5. The third-order valence-electron chi connectivity index (χ3n) is 7.82. The van der Waals surface area contributed by atoms with Crippen molar-refractivity contribution >= 4 is 5.91 Å². The summed E-state index contributed by atoms with van der Waals surface area (Å²) < 4.78 is 74.3. The smallest absolute Gasteiger partial charge is 0.345 e. The van der Waals surface area contributed by atoms with Gasteiger partial charge in [-0.1, -0.05) is 6.07 Å². The summed E-state index contributed by atoms with van der Waals surface area (Å²) in [7, 11) is 0. The van der Waals surface area contributed by atoms with Crippen LogP contribution in [0.3, 0.4) is 0 Å². The molecule has 4 aromatic rings. The van der Waals surface area contributed by atoms with Crippen LogP contribution in [-0.4, -0.2) is 24.8 Å². The number of nitrogens with zero attached hydrogens (tertiary/aromatic N) is 4. The first-order valence-electron chi connectivity index (χ1n) is 13.9. The maximum atomic E-state index is 14.0. The van der Waals surface area contributed by atoms with E-state index in [1.54, 1.807) is 29.8 Å². The molecule has 2 aliphatic rings. The predicted octanol–water partition coefficient (Wildman–Crippen LogP) is 6.21. The molecule has 2 saturated carbocycles. The standard InChI is InChI=1S/C30H29F5N6O/c1-2-40-16-23(27(38-40)30(33,34)35)20-11-17(15-39-9-10-41(29(39)36)22-6-7-22)12-21(13-20)28(42)37-26(18-3-4-18)19-5-8-24(31)25(32)14-19/h5,8-14,16,18,22,26,36H,2-4,6-7,15H2,1H3,(H,37,42). The van der Waals surface area contributed by atoms with Gasteiger partial charge >= 0.3 is 6.18 Å². The van der Waals surface area contributed by atoms with E-state index < -0.39 is 35.5 Å². The number of aryl methyl sites for hydroxylation is 1. The second-order valence-electron chi connectivity index (χ2n) is 11.0. The molecule has 220 valence electrons. The molecular formula is C30H29F5N6O. The molecule has 0 saturated heterocycles. The summed E-state index contributed by atoms with van der Waals surface area (Å²) in [5.41, 5.74) is 0.260. The molecule has 2 aliphatic carbocycles. The fourth-order valence-electron chi connectivity index (χ4n) is 5.32. The van der Waals surface area contributed by atoms with E-state index in [-0.39, 0.29) is 47.4 Å². The van der Waals surface area contributed by atoms with Crippen LogP contribution in [0.2, 0.25) is 0 Å². The maximum Gasteiger partial charge on any atom is 0.435 e. The SMILES string of the molecule is CCn1cc(-c2cc(Cn3ccn(C4CC4)c3=N)cc(C(=O)NC(c3ccc(F)c(F)c3)C3CC3)c2)c(C(F)(F)F)n1. The van der Waals surface area contributed by atoms with Gasteiger partial charge in [0.1, 0.15) is 0 Å². The van der Waals surface area contributed by atoms with E-state index in [2.05, 4.69) is 10.4 Å². The van der Waals surface area contributed by atoms with E-state index >= 15 is 0 Å².